The molecule has 2 nitrogen and oxygen atoms in total. The third-order valence-corrected chi connectivity index (χ3v) is 1.27. The summed E-state index contributed by atoms with van der Waals surface area (Å²) in [6.07, 6.45) is 1.07. The van der Waals surface area contributed by atoms with Gasteiger partial charge in [-0.2, -0.15) is 0 Å². The van der Waals surface area contributed by atoms with Gasteiger partial charge in [0.1, 0.15) is 0 Å². The Kier molecular flexibility index (Phi) is 6.13. The van der Waals surface area contributed by atoms with Gasteiger partial charge in [-0.05, 0) is 6.42 Å². The van der Waals surface area contributed by atoms with Crippen molar-refractivity contribution in [3.63, 3.8) is 0 Å². The molecule has 0 N–H and O–H groups in total. The first-order valence-electron chi connectivity index (χ1n) is 3.10. The van der Waals surface area contributed by atoms with Crippen molar-refractivity contribution in [2.24, 2.45) is 0 Å². The van der Waals surface area contributed by atoms with Gasteiger partial charge in [0, 0.05) is 0 Å². The number of rotatable bonds is 4. The molecule has 1 atom stereocenters. The van der Waals surface area contributed by atoms with Gasteiger partial charge < -0.3 is 4.74 Å². The van der Waals surface area contributed by atoms with Crippen molar-refractivity contribution in [2.75, 3.05) is 6.61 Å². The van der Waals surface area contributed by atoms with Crippen LogP contribution < -0.4 is 0 Å². The molecule has 0 radical (unpaired) electrons. The molecule has 0 fully saturated rings. The largest absolute Gasteiger partial charge is 0.466 e. The van der Waals surface area contributed by atoms with E-state index in [-0.39, 0.29) is 16.7 Å². The van der Waals surface area contributed by atoms with Crippen molar-refractivity contribution in [2.45, 2.75) is 24.1 Å². The summed E-state index contributed by atoms with van der Waals surface area (Å²) in [4.78, 5) is 10.7. The molecular weight excluding hydrogens is 219 g/mol. The predicted molar refractivity (Wildman–Crippen MR) is 44.4 cm³/mol. The average molecular weight is 230 g/mol. The first-order chi connectivity index (χ1) is 4.66. The molecule has 0 heterocycles. The van der Waals surface area contributed by atoms with Crippen molar-refractivity contribution in [3.8, 4) is 0 Å². The van der Waals surface area contributed by atoms with Crippen LogP contribution in [0.1, 0.15) is 19.8 Å². The lowest BCUT2D eigenvalue weighted by Gasteiger charge is -2.01. The van der Waals surface area contributed by atoms with Crippen LogP contribution in [0.15, 0.2) is 0 Å². The Labute approximate surface area is 74.0 Å². The van der Waals surface area contributed by atoms with Crippen LogP contribution in [0.2, 0.25) is 0 Å². The number of alkyl halides is 2. The van der Waals surface area contributed by atoms with E-state index in [1.807, 2.05) is 6.92 Å². The second kappa shape index (κ2) is 5.98. The fraction of sp³-hybridized carbons (Fsp3) is 0.833. The molecule has 4 heteroatoms. The number of hydrogen-bond acceptors (Lipinski definition) is 2. The summed E-state index contributed by atoms with van der Waals surface area (Å²) in [7, 11) is 0. The van der Waals surface area contributed by atoms with Crippen LogP contribution >= 0.6 is 27.5 Å². The van der Waals surface area contributed by atoms with Gasteiger partial charge in [-0.1, -0.05) is 22.9 Å². The minimum Gasteiger partial charge on any atom is -0.466 e. The van der Waals surface area contributed by atoms with Crippen LogP contribution in [0.4, 0.5) is 0 Å². The molecule has 0 rings (SSSR count). The van der Waals surface area contributed by atoms with Gasteiger partial charge in [-0.3, -0.25) is 4.79 Å². The van der Waals surface area contributed by atoms with Gasteiger partial charge in [-0.15, -0.1) is 11.6 Å². The Morgan fingerprint density at radius 2 is 2.40 bits per heavy atom. The summed E-state index contributed by atoms with van der Waals surface area (Å²) < 4.78 is 4.44. The van der Waals surface area contributed by atoms with E-state index in [9.17, 15) is 4.79 Å². The number of esters is 1. The van der Waals surface area contributed by atoms with Crippen LogP contribution in [-0.2, 0) is 9.53 Å². The van der Waals surface area contributed by atoms with E-state index >= 15 is 0 Å². The van der Waals surface area contributed by atoms with Crippen molar-refractivity contribution < 1.29 is 9.53 Å². The summed E-state index contributed by atoms with van der Waals surface area (Å²) in [5.74, 6) is -0.251. The third kappa shape index (κ3) is 6.36. The fourth-order valence-electron chi connectivity index (χ4n) is 0.401. The fourth-order valence-corrected chi connectivity index (χ4v) is 0.791. The Bertz CT molecular complexity index is 106. The molecule has 0 saturated carbocycles. The first kappa shape index (κ1) is 10.2. The van der Waals surface area contributed by atoms with Crippen LogP contribution in [0.3, 0.4) is 0 Å². The molecule has 0 saturated heterocycles. The normalized spacial score (nSPS) is 12.7. The highest BCUT2D eigenvalue weighted by molar-refractivity contribution is 9.10. The van der Waals surface area contributed by atoms with Crippen LogP contribution in [0.25, 0.3) is 0 Å². The smallest absolute Gasteiger partial charge is 0.308 e. The Balaban J connectivity index is 3.26. The quantitative estimate of drug-likeness (QED) is 0.546. The maximum Gasteiger partial charge on any atom is 0.308 e. The first-order valence-corrected chi connectivity index (χ1v) is 4.45. The highest BCUT2D eigenvalue weighted by Crippen LogP contribution is 2.10. The maximum atomic E-state index is 10.7. The van der Waals surface area contributed by atoms with Crippen molar-refractivity contribution >= 4 is 33.5 Å². The zero-order valence-electron chi connectivity index (χ0n) is 5.77. The SMILES string of the molecule is CCCOC(=O)CC(Cl)Br. The van der Waals surface area contributed by atoms with Gasteiger partial charge >= 0.3 is 5.97 Å². The van der Waals surface area contributed by atoms with Crippen LogP contribution in [0, 0.1) is 0 Å². The molecule has 0 aliphatic rings. The number of ether oxygens (including phenoxy) is 1. The Morgan fingerprint density at radius 3 is 2.80 bits per heavy atom. The second-order valence-corrected chi connectivity index (χ2v) is 3.98. The molecule has 10 heavy (non-hydrogen) atoms. The molecule has 0 aliphatic heterocycles. The number of carbonyl (C=O) groups is 1. The summed E-state index contributed by atoms with van der Waals surface area (Å²) in [5, 5.41) is 0. The molecule has 0 aliphatic carbocycles. The molecule has 0 amide bonds. The van der Waals surface area contributed by atoms with E-state index in [0.717, 1.165) is 6.42 Å². The predicted octanol–water partition coefficient (Wildman–Crippen LogP) is 2.29. The van der Waals surface area contributed by atoms with E-state index in [1.54, 1.807) is 0 Å². The van der Waals surface area contributed by atoms with Crippen LogP contribution in [0.5, 0.6) is 0 Å². The Hall–Kier alpha value is 0.240. The zero-order valence-corrected chi connectivity index (χ0v) is 8.11. The maximum absolute atomic E-state index is 10.7. The average Bonchev–Trinajstić information content (AvgIpc) is 1.82. The molecular formula is C6H10BrClO2. The zero-order chi connectivity index (χ0) is 7.98. The van der Waals surface area contributed by atoms with Gasteiger partial charge in [0.2, 0.25) is 0 Å². The minimum absolute atomic E-state index is 0.224. The van der Waals surface area contributed by atoms with E-state index in [2.05, 4.69) is 15.9 Å². The summed E-state index contributed by atoms with van der Waals surface area (Å²) >= 11 is 8.50. The van der Waals surface area contributed by atoms with Crippen molar-refractivity contribution in [3.05, 3.63) is 0 Å². The van der Waals surface area contributed by atoms with E-state index in [0.29, 0.717) is 6.61 Å². The Morgan fingerprint density at radius 1 is 1.80 bits per heavy atom. The van der Waals surface area contributed by atoms with Gasteiger partial charge in [0.05, 0.1) is 17.3 Å². The summed E-state index contributed by atoms with van der Waals surface area (Å²) in [5.41, 5.74) is 0. The minimum atomic E-state index is -0.308. The molecule has 0 aromatic carbocycles. The molecule has 1 unspecified atom stereocenters. The molecule has 0 aromatic rings. The highest BCUT2D eigenvalue weighted by Gasteiger charge is 2.07. The van der Waals surface area contributed by atoms with Crippen molar-refractivity contribution in [1.29, 1.82) is 0 Å². The number of carbonyl (C=O) groups excluding carboxylic acids is 1. The van der Waals surface area contributed by atoms with Crippen LogP contribution in [-0.4, -0.2) is 16.9 Å². The van der Waals surface area contributed by atoms with E-state index in [4.69, 9.17) is 16.3 Å². The van der Waals surface area contributed by atoms with Gasteiger partial charge in [0.25, 0.3) is 0 Å². The highest BCUT2D eigenvalue weighted by atomic mass is 79.9. The number of hydrogen-bond donors (Lipinski definition) is 0. The lowest BCUT2D eigenvalue weighted by atomic mass is 10.5. The lowest BCUT2D eigenvalue weighted by molar-refractivity contribution is -0.143. The molecule has 60 valence electrons. The van der Waals surface area contributed by atoms with Crippen molar-refractivity contribution in [1.82, 2.24) is 0 Å². The summed E-state index contributed by atoms with van der Waals surface area (Å²) in [6.45, 7) is 2.43. The topological polar surface area (TPSA) is 26.3 Å². The monoisotopic (exact) mass is 228 g/mol. The number of halogens is 2. The van der Waals surface area contributed by atoms with E-state index in [1.165, 1.54) is 0 Å². The van der Waals surface area contributed by atoms with Gasteiger partial charge in [-0.25, -0.2) is 0 Å². The second-order valence-electron chi connectivity index (χ2n) is 1.82. The summed E-state index contributed by atoms with van der Waals surface area (Å²) in [6, 6.07) is 0. The third-order valence-electron chi connectivity index (χ3n) is 0.788. The molecule has 0 spiro atoms. The molecule has 0 aromatic heterocycles. The lowest BCUT2D eigenvalue weighted by Crippen LogP contribution is -2.08. The molecule has 0 bridgehead atoms. The standard InChI is InChI=1S/C6H10BrClO2/c1-2-3-10-6(9)4-5(7)8/h5H,2-4H2,1H3. The van der Waals surface area contributed by atoms with Gasteiger partial charge in [0.15, 0.2) is 0 Å². The van der Waals surface area contributed by atoms with E-state index < -0.39 is 0 Å².